The van der Waals surface area contributed by atoms with Crippen molar-refractivity contribution < 1.29 is 28.1 Å². The van der Waals surface area contributed by atoms with E-state index in [2.05, 4.69) is 9.73 Å². The largest absolute Gasteiger partial charge is 0.504 e. The number of hydrogen-bond donors (Lipinski definition) is 1. The molecule has 2 rings (SSSR count). The second kappa shape index (κ2) is 8.14. The summed E-state index contributed by atoms with van der Waals surface area (Å²) >= 11 is 0. The molecule has 7 heteroatoms. The van der Waals surface area contributed by atoms with Gasteiger partial charge in [0, 0.05) is 11.8 Å². The van der Waals surface area contributed by atoms with Crippen LogP contribution in [0.4, 0.5) is 8.78 Å². The molecule has 0 aliphatic carbocycles. The zero-order chi connectivity index (χ0) is 17.5. The number of ether oxygens (including phenoxy) is 3. The highest BCUT2D eigenvalue weighted by atomic mass is 19.3. The number of phenols is 1. The summed E-state index contributed by atoms with van der Waals surface area (Å²) in [6.45, 7) is -2.64. The van der Waals surface area contributed by atoms with Gasteiger partial charge in [-0.05, 0) is 29.8 Å². The molecule has 0 saturated carbocycles. The van der Waals surface area contributed by atoms with Gasteiger partial charge in [-0.25, -0.2) is 0 Å². The number of para-hydroxylation sites is 1. The van der Waals surface area contributed by atoms with Crippen LogP contribution < -0.4 is 14.2 Å². The lowest BCUT2D eigenvalue weighted by atomic mass is 10.2. The maximum Gasteiger partial charge on any atom is 0.387 e. The van der Waals surface area contributed by atoms with Crippen molar-refractivity contribution in [3.05, 3.63) is 47.5 Å². The van der Waals surface area contributed by atoms with E-state index in [4.69, 9.17) is 9.47 Å². The average Bonchev–Trinajstić information content (AvgIpc) is 2.57. The molecule has 0 atom stereocenters. The minimum absolute atomic E-state index is 0.00186. The van der Waals surface area contributed by atoms with E-state index in [1.807, 2.05) is 0 Å². The molecule has 0 aromatic heterocycles. The lowest BCUT2D eigenvalue weighted by Gasteiger charge is -2.10. The molecule has 5 nitrogen and oxygen atoms in total. The van der Waals surface area contributed by atoms with Crippen molar-refractivity contribution in [2.75, 3.05) is 14.2 Å². The predicted octanol–water partition coefficient (Wildman–Crippen LogP) is 3.63. The van der Waals surface area contributed by atoms with E-state index >= 15 is 0 Å². The van der Waals surface area contributed by atoms with Gasteiger partial charge in [-0.1, -0.05) is 12.1 Å². The van der Waals surface area contributed by atoms with E-state index in [0.29, 0.717) is 11.3 Å². The van der Waals surface area contributed by atoms with Crippen LogP contribution in [-0.4, -0.2) is 32.2 Å². The molecule has 0 aliphatic rings. The van der Waals surface area contributed by atoms with Gasteiger partial charge in [-0.2, -0.15) is 8.78 Å². The Bertz CT molecular complexity index is 720. The fourth-order valence-corrected chi connectivity index (χ4v) is 2.06. The number of aromatic hydroxyl groups is 1. The van der Waals surface area contributed by atoms with Crippen molar-refractivity contribution in [3.63, 3.8) is 0 Å². The minimum atomic E-state index is -2.92. The van der Waals surface area contributed by atoms with Crippen molar-refractivity contribution in [3.8, 4) is 23.0 Å². The first kappa shape index (κ1) is 17.5. The van der Waals surface area contributed by atoms with Crippen LogP contribution in [0.1, 0.15) is 11.1 Å². The second-order valence-corrected chi connectivity index (χ2v) is 4.73. The Labute approximate surface area is 138 Å². The number of benzene rings is 2. The summed E-state index contributed by atoms with van der Waals surface area (Å²) in [5.41, 5.74) is 1.26. The van der Waals surface area contributed by atoms with Crippen molar-refractivity contribution >= 4 is 6.21 Å². The fraction of sp³-hybridized carbons (Fsp3) is 0.235. The van der Waals surface area contributed by atoms with Crippen LogP contribution in [0, 0.1) is 0 Å². The first-order valence-electron chi connectivity index (χ1n) is 7.02. The van der Waals surface area contributed by atoms with Gasteiger partial charge in [0.05, 0.1) is 20.8 Å². The first-order chi connectivity index (χ1) is 11.5. The average molecular weight is 337 g/mol. The Morgan fingerprint density at radius 1 is 1.08 bits per heavy atom. The molecule has 0 bridgehead atoms. The van der Waals surface area contributed by atoms with Crippen molar-refractivity contribution in [2.24, 2.45) is 4.99 Å². The van der Waals surface area contributed by atoms with E-state index in [0.717, 1.165) is 5.56 Å². The van der Waals surface area contributed by atoms with Gasteiger partial charge < -0.3 is 19.3 Å². The summed E-state index contributed by atoms with van der Waals surface area (Å²) in [5.74, 6) is 0.522. The zero-order valence-corrected chi connectivity index (χ0v) is 13.2. The number of nitrogens with zero attached hydrogens (tertiary/aromatic N) is 1. The van der Waals surface area contributed by atoms with Gasteiger partial charge in [0.15, 0.2) is 23.0 Å². The van der Waals surface area contributed by atoms with E-state index in [1.54, 1.807) is 30.3 Å². The molecule has 128 valence electrons. The van der Waals surface area contributed by atoms with E-state index < -0.39 is 6.61 Å². The third-order valence-corrected chi connectivity index (χ3v) is 3.20. The lowest BCUT2D eigenvalue weighted by molar-refractivity contribution is -0.0512. The zero-order valence-electron chi connectivity index (χ0n) is 13.2. The third-order valence-electron chi connectivity index (χ3n) is 3.20. The summed E-state index contributed by atoms with van der Waals surface area (Å²) in [6, 6.07) is 9.66. The molecular formula is C17H17F2NO4. The Morgan fingerprint density at radius 2 is 1.83 bits per heavy atom. The number of alkyl halides is 2. The number of halogens is 2. The molecule has 0 fully saturated rings. The van der Waals surface area contributed by atoms with Crippen LogP contribution in [0.15, 0.2) is 41.4 Å². The van der Waals surface area contributed by atoms with E-state index in [1.165, 1.54) is 26.5 Å². The molecule has 0 unspecified atom stereocenters. The molecule has 0 amide bonds. The molecule has 0 radical (unpaired) electrons. The molecule has 2 aromatic carbocycles. The second-order valence-electron chi connectivity index (χ2n) is 4.73. The molecule has 0 saturated heterocycles. The molecular weight excluding hydrogens is 320 g/mol. The summed E-state index contributed by atoms with van der Waals surface area (Å²) in [4.78, 5) is 4.23. The van der Waals surface area contributed by atoms with Crippen LogP contribution in [0.25, 0.3) is 0 Å². The van der Waals surface area contributed by atoms with Crippen LogP contribution in [0.5, 0.6) is 23.0 Å². The van der Waals surface area contributed by atoms with Gasteiger partial charge in [-0.15, -0.1) is 0 Å². The molecule has 1 N–H and O–H groups in total. The molecule has 0 spiro atoms. The first-order valence-corrected chi connectivity index (χ1v) is 7.02. The number of rotatable bonds is 7. The van der Waals surface area contributed by atoms with Crippen molar-refractivity contribution in [2.45, 2.75) is 13.2 Å². The van der Waals surface area contributed by atoms with Crippen LogP contribution >= 0.6 is 0 Å². The molecule has 2 aromatic rings. The summed E-state index contributed by atoms with van der Waals surface area (Å²) in [7, 11) is 2.83. The summed E-state index contributed by atoms with van der Waals surface area (Å²) in [5, 5.41) is 9.96. The monoisotopic (exact) mass is 337 g/mol. The van der Waals surface area contributed by atoms with E-state index in [-0.39, 0.29) is 23.8 Å². The Hall–Kier alpha value is -2.83. The third kappa shape index (κ3) is 4.34. The maximum absolute atomic E-state index is 12.3. The summed E-state index contributed by atoms with van der Waals surface area (Å²) < 4.78 is 39.0. The highest BCUT2D eigenvalue weighted by Crippen LogP contribution is 2.30. The molecule has 0 heterocycles. The van der Waals surface area contributed by atoms with Gasteiger partial charge in [-0.3, -0.25) is 4.99 Å². The SMILES string of the molecule is COc1cc(CN=Cc2cccc(OC)c2O)ccc1OC(F)F. The van der Waals surface area contributed by atoms with Crippen LogP contribution in [0.2, 0.25) is 0 Å². The van der Waals surface area contributed by atoms with Crippen LogP contribution in [0.3, 0.4) is 0 Å². The normalized spacial score (nSPS) is 11.0. The minimum Gasteiger partial charge on any atom is -0.504 e. The Kier molecular flexibility index (Phi) is 5.95. The standard InChI is InChI=1S/C17H17F2NO4/c1-22-14-5-3-4-12(16(14)21)10-20-9-11-6-7-13(24-17(18)19)15(8-11)23-2/h3-8,10,17,21H,9H2,1-2H3. The number of hydrogen-bond acceptors (Lipinski definition) is 5. The quantitative estimate of drug-likeness (QED) is 0.784. The maximum atomic E-state index is 12.3. The topological polar surface area (TPSA) is 60.3 Å². The Balaban J connectivity index is 2.12. The molecule has 24 heavy (non-hydrogen) atoms. The highest BCUT2D eigenvalue weighted by Gasteiger charge is 2.11. The number of phenolic OH excluding ortho intramolecular Hbond substituents is 1. The van der Waals surface area contributed by atoms with E-state index in [9.17, 15) is 13.9 Å². The van der Waals surface area contributed by atoms with Gasteiger partial charge in [0.1, 0.15) is 0 Å². The number of aliphatic imine (C=N–C) groups is 1. The lowest BCUT2D eigenvalue weighted by Crippen LogP contribution is -2.03. The number of methoxy groups -OCH3 is 2. The highest BCUT2D eigenvalue weighted by molar-refractivity contribution is 5.84. The van der Waals surface area contributed by atoms with Gasteiger partial charge in [0.2, 0.25) is 0 Å². The van der Waals surface area contributed by atoms with Gasteiger partial charge in [0.25, 0.3) is 0 Å². The Morgan fingerprint density at radius 3 is 2.50 bits per heavy atom. The molecule has 0 aliphatic heterocycles. The smallest absolute Gasteiger partial charge is 0.387 e. The van der Waals surface area contributed by atoms with Crippen LogP contribution in [-0.2, 0) is 6.54 Å². The van der Waals surface area contributed by atoms with Gasteiger partial charge >= 0.3 is 6.61 Å². The van der Waals surface area contributed by atoms with Crippen molar-refractivity contribution in [1.82, 2.24) is 0 Å². The fourth-order valence-electron chi connectivity index (χ4n) is 2.06. The predicted molar refractivity (Wildman–Crippen MR) is 85.6 cm³/mol. The van der Waals surface area contributed by atoms with Crippen molar-refractivity contribution in [1.29, 1.82) is 0 Å². The summed E-state index contributed by atoms with van der Waals surface area (Å²) in [6.07, 6.45) is 1.51.